The minimum atomic E-state index is -0.722. The van der Waals surface area contributed by atoms with E-state index in [4.69, 9.17) is 31.5 Å². The van der Waals surface area contributed by atoms with Crippen LogP contribution in [-0.2, 0) is 19.0 Å². The minimum absolute atomic E-state index is 0.0563. The fraction of sp³-hybridized carbons (Fsp3) is 0.444. The van der Waals surface area contributed by atoms with Crippen molar-refractivity contribution in [3.8, 4) is 0 Å². The number of halogens is 1. The van der Waals surface area contributed by atoms with Gasteiger partial charge in [-0.3, -0.25) is 4.99 Å². The Labute approximate surface area is 151 Å². The monoisotopic (exact) mass is 364 g/mol. The summed E-state index contributed by atoms with van der Waals surface area (Å²) in [5.41, 5.74) is 8.21. The highest BCUT2D eigenvalue weighted by Gasteiger charge is 2.43. The molecule has 2 N–H and O–H groups in total. The SMILES string of the molecule is CCOC(=O)/C(N)=C1\CC2(CCC1=Nc1cccc(Cl)c1)OCCO2. The first-order valence-electron chi connectivity index (χ1n) is 8.30. The Kier molecular flexibility index (Phi) is 5.42. The van der Waals surface area contributed by atoms with E-state index in [9.17, 15) is 4.79 Å². The van der Waals surface area contributed by atoms with E-state index in [2.05, 4.69) is 4.99 Å². The number of carbonyl (C=O) groups is 1. The number of ether oxygens (including phenoxy) is 3. The van der Waals surface area contributed by atoms with Gasteiger partial charge in [0.1, 0.15) is 5.70 Å². The van der Waals surface area contributed by atoms with E-state index in [1.54, 1.807) is 19.1 Å². The van der Waals surface area contributed by atoms with E-state index in [-0.39, 0.29) is 12.3 Å². The normalized spacial score (nSPS) is 23.0. The van der Waals surface area contributed by atoms with Gasteiger partial charge in [-0.05, 0) is 31.5 Å². The maximum Gasteiger partial charge on any atom is 0.354 e. The Balaban J connectivity index is 1.98. The fourth-order valence-corrected chi connectivity index (χ4v) is 3.26. The van der Waals surface area contributed by atoms with Crippen LogP contribution in [0.25, 0.3) is 0 Å². The van der Waals surface area contributed by atoms with Gasteiger partial charge in [0.15, 0.2) is 5.79 Å². The zero-order valence-corrected chi connectivity index (χ0v) is 14.8. The molecule has 25 heavy (non-hydrogen) atoms. The highest BCUT2D eigenvalue weighted by atomic mass is 35.5. The standard InChI is InChI=1S/C18H21ClN2O4/c1-2-23-17(22)16(20)14-11-18(24-8-9-25-18)7-6-15(14)21-13-5-3-4-12(19)10-13/h3-5,10H,2,6-9,11,20H2,1H3/b16-14-,21-15?. The van der Waals surface area contributed by atoms with Crippen LogP contribution in [-0.4, -0.2) is 37.3 Å². The molecule has 1 aliphatic carbocycles. The smallest absolute Gasteiger partial charge is 0.354 e. The summed E-state index contributed by atoms with van der Waals surface area (Å²) in [6, 6.07) is 7.22. The lowest BCUT2D eigenvalue weighted by atomic mass is 9.86. The van der Waals surface area contributed by atoms with E-state index >= 15 is 0 Å². The lowest BCUT2D eigenvalue weighted by Crippen LogP contribution is -2.38. The lowest BCUT2D eigenvalue weighted by molar-refractivity contribution is -0.161. The molecule has 0 bridgehead atoms. The predicted octanol–water partition coefficient (Wildman–Crippen LogP) is 3.12. The van der Waals surface area contributed by atoms with Crippen molar-refractivity contribution in [2.24, 2.45) is 10.7 Å². The Morgan fingerprint density at radius 1 is 1.40 bits per heavy atom. The summed E-state index contributed by atoms with van der Waals surface area (Å²) in [5, 5.41) is 0.598. The second-order valence-corrected chi connectivity index (χ2v) is 6.37. The van der Waals surface area contributed by atoms with E-state index in [1.165, 1.54) is 0 Å². The molecule has 1 saturated heterocycles. The van der Waals surface area contributed by atoms with Crippen LogP contribution in [0, 0.1) is 0 Å². The largest absolute Gasteiger partial charge is 0.461 e. The molecule has 134 valence electrons. The zero-order valence-electron chi connectivity index (χ0n) is 14.1. The van der Waals surface area contributed by atoms with Crippen LogP contribution in [0.3, 0.4) is 0 Å². The van der Waals surface area contributed by atoms with Gasteiger partial charge in [-0.15, -0.1) is 0 Å². The number of nitrogens with two attached hydrogens (primary N) is 1. The van der Waals surface area contributed by atoms with Gasteiger partial charge in [0.25, 0.3) is 0 Å². The molecule has 2 aliphatic rings. The Bertz CT molecular complexity index is 724. The first kappa shape index (κ1) is 17.9. The van der Waals surface area contributed by atoms with Gasteiger partial charge in [-0.2, -0.15) is 0 Å². The predicted molar refractivity (Wildman–Crippen MR) is 94.9 cm³/mol. The van der Waals surface area contributed by atoms with Crippen molar-refractivity contribution in [1.29, 1.82) is 0 Å². The van der Waals surface area contributed by atoms with Crippen LogP contribution in [0.2, 0.25) is 5.02 Å². The third kappa shape index (κ3) is 4.03. The van der Waals surface area contributed by atoms with E-state index in [1.807, 2.05) is 12.1 Å². The molecular formula is C18H21ClN2O4. The molecule has 0 amide bonds. The van der Waals surface area contributed by atoms with Gasteiger partial charge in [0.2, 0.25) is 0 Å². The first-order valence-corrected chi connectivity index (χ1v) is 8.68. The molecule has 1 saturated carbocycles. The fourth-order valence-electron chi connectivity index (χ4n) is 3.07. The van der Waals surface area contributed by atoms with Crippen LogP contribution < -0.4 is 5.73 Å². The van der Waals surface area contributed by atoms with Gasteiger partial charge in [0, 0.05) is 29.1 Å². The van der Waals surface area contributed by atoms with Crippen molar-refractivity contribution < 1.29 is 19.0 Å². The molecule has 1 heterocycles. The summed E-state index contributed by atoms with van der Waals surface area (Å²) in [6.45, 7) is 3.06. The number of rotatable bonds is 3. The lowest BCUT2D eigenvalue weighted by Gasteiger charge is -2.34. The summed E-state index contributed by atoms with van der Waals surface area (Å²) >= 11 is 6.03. The van der Waals surface area contributed by atoms with Crippen molar-refractivity contribution in [3.05, 3.63) is 40.6 Å². The first-order chi connectivity index (χ1) is 12.0. The molecule has 6 nitrogen and oxygen atoms in total. The number of hydrogen-bond donors (Lipinski definition) is 1. The summed E-state index contributed by atoms with van der Waals surface area (Å²) < 4.78 is 16.6. The molecule has 7 heteroatoms. The molecular weight excluding hydrogens is 344 g/mol. The van der Waals surface area contributed by atoms with Crippen LogP contribution in [0.1, 0.15) is 26.2 Å². The van der Waals surface area contributed by atoms with Crippen LogP contribution >= 0.6 is 11.6 Å². The van der Waals surface area contributed by atoms with Crippen molar-refractivity contribution in [3.63, 3.8) is 0 Å². The van der Waals surface area contributed by atoms with Crippen LogP contribution in [0.15, 0.2) is 40.5 Å². The summed E-state index contributed by atoms with van der Waals surface area (Å²) in [4.78, 5) is 16.8. The Morgan fingerprint density at radius 3 is 2.84 bits per heavy atom. The Morgan fingerprint density at radius 2 is 2.16 bits per heavy atom. The topological polar surface area (TPSA) is 83.1 Å². The highest BCUT2D eigenvalue weighted by Crippen LogP contribution is 2.39. The molecule has 1 spiro atoms. The molecule has 0 atom stereocenters. The zero-order chi connectivity index (χ0) is 17.9. The quantitative estimate of drug-likeness (QED) is 0.658. The molecule has 1 aromatic carbocycles. The van der Waals surface area contributed by atoms with E-state index in [0.717, 1.165) is 5.71 Å². The van der Waals surface area contributed by atoms with Gasteiger partial charge in [-0.1, -0.05) is 17.7 Å². The number of nitrogens with zero attached hydrogens (tertiary/aromatic N) is 1. The number of carbonyl (C=O) groups excluding carboxylic acids is 1. The second kappa shape index (κ2) is 7.56. The molecule has 0 unspecified atom stereocenters. The second-order valence-electron chi connectivity index (χ2n) is 5.94. The summed E-state index contributed by atoms with van der Waals surface area (Å²) in [5.74, 6) is -1.27. The maximum absolute atomic E-state index is 12.1. The van der Waals surface area contributed by atoms with Gasteiger partial charge < -0.3 is 19.9 Å². The number of hydrogen-bond acceptors (Lipinski definition) is 6. The molecule has 3 rings (SSSR count). The molecule has 0 radical (unpaired) electrons. The summed E-state index contributed by atoms with van der Waals surface area (Å²) in [7, 11) is 0. The Hall–Kier alpha value is -1.89. The molecule has 2 fully saturated rings. The van der Waals surface area contributed by atoms with Gasteiger partial charge >= 0.3 is 5.97 Å². The number of aliphatic imine (C=N–C) groups is 1. The molecule has 1 aromatic rings. The van der Waals surface area contributed by atoms with Crippen molar-refractivity contribution in [2.75, 3.05) is 19.8 Å². The molecule has 0 aromatic heterocycles. The number of esters is 1. The average Bonchev–Trinajstić information content (AvgIpc) is 3.04. The molecule has 1 aliphatic heterocycles. The van der Waals surface area contributed by atoms with Crippen molar-refractivity contribution in [2.45, 2.75) is 32.0 Å². The van der Waals surface area contributed by atoms with Crippen LogP contribution in [0.5, 0.6) is 0 Å². The van der Waals surface area contributed by atoms with Gasteiger partial charge in [-0.25, -0.2) is 4.79 Å². The van der Waals surface area contributed by atoms with Crippen molar-refractivity contribution in [1.82, 2.24) is 0 Å². The highest BCUT2D eigenvalue weighted by molar-refractivity contribution is 6.30. The average molecular weight is 365 g/mol. The van der Waals surface area contributed by atoms with Gasteiger partial charge in [0.05, 0.1) is 25.5 Å². The van der Waals surface area contributed by atoms with Crippen LogP contribution in [0.4, 0.5) is 5.69 Å². The summed E-state index contributed by atoms with van der Waals surface area (Å²) in [6.07, 6.45) is 1.62. The third-order valence-electron chi connectivity index (χ3n) is 4.24. The third-order valence-corrected chi connectivity index (χ3v) is 4.48. The number of benzene rings is 1. The van der Waals surface area contributed by atoms with E-state index in [0.29, 0.717) is 48.8 Å². The van der Waals surface area contributed by atoms with E-state index < -0.39 is 11.8 Å². The minimum Gasteiger partial charge on any atom is -0.461 e. The van der Waals surface area contributed by atoms with Crippen molar-refractivity contribution >= 4 is 29.0 Å². The maximum atomic E-state index is 12.1.